The normalized spacial score (nSPS) is 23.0. The van der Waals surface area contributed by atoms with Crippen molar-refractivity contribution in [1.29, 1.82) is 0 Å². The molecule has 4 heterocycles. The molecule has 1 aromatic heterocycles. The fraction of sp³-hybridized carbons (Fsp3) is 0.576. The summed E-state index contributed by atoms with van der Waals surface area (Å²) in [6.45, 7) is 15.5. The van der Waals surface area contributed by atoms with Gasteiger partial charge in [0.25, 0.3) is 0 Å². The number of hydrogen-bond acceptors (Lipinski definition) is 7. The Morgan fingerprint density at radius 3 is 2.70 bits per heavy atom. The van der Waals surface area contributed by atoms with Crippen LogP contribution in [0.2, 0.25) is 5.02 Å². The molecule has 9 nitrogen and oxygen atoms in total. The van der Waals surface area contributed by atoms with E-state index in [0.717, 1.165) is 44.3 Å². The van der Waals surface area contributed by atoms with Gasteiger partial charge < -0.3 is 29.2 Å². The largest absolute Gasteiger partial charge is 0.463 e. The quantitative estimate of drug-likeness (QED) is 0.281. The van der Waals surface area contributed by atoms with Crippen molar-refractivity contribution in [3.05, 3.63) is 64.1 Å². The number of halogens is 4. The Kier molecular flexibility index (Phi) is 9.09. The third kappa shape index (κ3) is 6.49. The number of alkyl halides is 3. The second-order valence-electron chi connectivity index (χ2n) is 13.0. The number of piperazine rings is 1. The van der Waals surface area contributed by atoms with Crippen molar-refractivity contribution in [2.45, 2.75) is 50.9 Å². The highest BCUT2D eigenvalue weighted by atomic mass is 35.5. The first-order valence-electron chi connectivity index (χ1n) is 15.9. The highest BCUT2D eigenvalue weighted by Gasteiger charge is 2.51. The third-order valence-corrected chi connectivity index (χ3v) is 10.4. The van der Waals surface area contributed by atoms with Crippen molar-refractivity contribution in [3.63, 3.8) is 0 Å². The number of carbonyl (C=O) groups excluding carboxylic acids is 1. The molecule has 3 aliphatic heterocycles. The molecule has 0 bridgehead atoms. The molecule has 246 valence electrons. The zero-order valence-corrected chi connectivity index (χ0v) is 26.8. The Hall–Kier alpha value is -3.56. The van der Waals surface area contributed by atoms with Crippen molar-refractivity contribution in [1.82, 2.24) is 19.8 Å². The minimum atomic E-state index is -4.62. The Bertz CT molecular complexity index is 1530. The van der Waals surface area contributed by atoms with Crippen LogP contribution in [-0.4, -0.2) is 91.2 Å². The summed E-state index contributed by atoms with van der Waals surface area (Å²) in [5.74, 6) is 0.972. The molecule has 0 spiro atoms. The molecule has 2 atom stereocenters. The maximum absolute atomic E-state index is 14.1. The molecule has 1 aliphatic carbocycles. The van der Waals surface area contributed by atoms with Gasteiger partial charge in [-0.1, -0.05) is 24.2 Å². The monoisotopic (exact) mass is 657 g/mol. The molecule has 46 heavy (non-hydrogen) atoms. The van der Waals surface area contributed by atoms with E-state index in [1.54, 1.807) is 9.80 Å². The van der Waals surface area contributed by atoms with Gasteiger partial charge in [-0.3, -0.25) is 4.79 Å². The van der Waals surface area contributed by atoms with E-state index in [4.69, 9.17) is 32.9 Å². The van der Waals surface area contributed by atoms with Crippen molar-refractivity contribution >= 4 is 29.0 Å². The zero-order valence-electron chi connectivity index (χ0n) is 26.0. The number of nitrogens with zero attached hydrogens (tertiary/aromatic N) is 7. The summed E-state index contributed by atoms with van der Waals surface area (Å²) in [5.41, 5.74) is 0.691. The van der Waals surface area contributed by atoms with Crippen LogP contribution in [0.25, 0.3) is 4.85 Å². The average Bonchev–Trinajstić information content (AvgIpc) is 3.83. The Morgan fingerprint density at radius 2 is 2.00 bits per heavy atom. The molecular formula is C33H39ClF3N7O2. The van der Waals surface area contributed by atoms with E-state index in [-0.39, 0.29) is 47.2 Å². The van der Waals surface area contributed by atoms with Crippen molar-refractivity contribution in [2.24, 2.45) is 11.3 Å². The summed E-state index contributed by atoms with van der Waals surface area (Å²) in [6, 6.07) is 4.08. The lowest BCUT2D eigenvalue weighted by Gasteiger charge is -2.41. The molecule has 1 aromatic carbocycles. The number of fused-ring (bicyclic) bond motifs is 1. The summed E-state index contributed by atoms with van der Waals surface area (Å²) in [6.07, 6.45) is 1.55. The summed E-state index contributed by atoms with van der Waals surface area (Å²) in [5, 5.41) is -0.343. The molecule has 0 N–H and O–H groups in total. The van der Waals surface area contributed by atoms with Crippen molar-refractivity contribution in [3.8, 4) is 6.01 Å². The second kappa shape index (κ2) is 12.9. The van der Waals surface area contributed by atoms with E-state index in [0.29, 0.717) is 56.6 Å². The van der Waals surface area contributed by atoms with E-state index >= 15 is 0 Å². The second-order valence-corrected chi connectivity index (χ2v) is 13.4. The molecule has 1 amide bonds. The number of carbonyl (C=O) groups is 1. The van der Waals surface area contributed by atoms with Crippen LogP contribution in [0.3, 0.4) is 0 Å². The van der Waals surface area contributed by atoms with Gasteiger partial charge in [-0.15, -0.1) is 0 Å². The number of ether oxygens (including phenoxy) is 1. The van der Waals surface area contributed by atoms with Gasteiger partial charge in [0.1, 0.15) is 11.9 Å². The lowest BCUT2D eigenvalue weighted by Crippen LogP contribution is -2.56. The molecule has 2 unspecified atom stereocenters. The van der Waals surface area contributed by atoms with Gasteiger partial charge in [0, 0.05) is 43.7 Å². The van der Waals surface area contributed by atoms with Gasteiger partial charge in [-0.05, 0) is 69.8 Å². The molecule has 2 aromatic rings. The first kappa shape index (κ1) is 32.4. The summed E-state index contributed by atoms with van der Waals surface area (Å²) in [7, 11) is 2.15. The number of hydrogen-bond donors (Lipinski definition) is 0. The predicted octanol–water partition coefficient (Wildman–Crippen LogP) is 5.33. The molecule has 0 radical (unpaired) electrons. The van der Waals surface area contributed by atoms with Crippen LogP contribution < -0.4 is 14.5 Å². The van der Waals surface area contributed by atoms with E-state index in [1.807, 2.05) is 0 Å². The van der Waals surface area contributed by atoms with E-state index in [1.165, 1.54) is 24.3 Å². The molecule has 4 aliphatic rings. The van der Waals surface area contributed by atoms with Gasteiger partial charge in [0.05, 0.1) is 35.1 Å². The molecule has 3 fully saturated rings. The molecular weight excluding hydrogens is 619 g/mol. The Labute approximate surface area is 272 Å². The van der Waals surface area contributed by atoms with Gasteiger partial charge in [-0.25, -0.2) is 6.57 Å². The van der Waals surface area contributed by atoms with Crippen LogP contribution in [0, 0.1) is 17.9 Å². The van der Waals surface area contributed by atoms with Crippen LogP contribution >= 0.6 is 11.6 Å². The number of aromatic nitrogens is 2. The lowest BCUT2D eigenvalue weighted by molar-refractivity contribution is -0.137. The van der Waals surface area contributed by atoms with Crippen LogP contribution in [0.5, 0.6) is 6.01 Å². The number of likely N-dealkylation sites (tertiary alicyclic amines) is 1. The highest BCUT2D eigenvalue weighted by Crippen LogP contribution is 2.54. The summed E-state index contributed by atoms with van der Waals surface area (Å²) in [4.78, 5) is 33.6. The van der Waals surface area contributed by atoms with Gasteiger partial charge in [-0.2, -0.15) is 23.1 Å². The Balaban J connectivity index is 1.32. The van der Waals surface area contributed by atoms with Gasteiger partial charge in [0.15, 0.2) is 0 Å². The van der Waals surface area contributed by atoms with Crippen molar-refractivity contribution < 1.29 is 22.7 Å². The molecule has 6 rings (SSSR count). The Morgan fingerprint density at radius 1 is 1.20 bits per heavy atom. The molecule has 13 heteroatoms. The standard InChI is InChI=1S/C33H39ClF3N7O2/c1-4-28(45)44-16-15-43(19-23(44)17-38-2)30-24-10-14-42(27-9-5-8-25(34)29(27)33(35,36)37)20-26(24)39-31(40-30)46-21-32(11-12-32)22-7-6-13-41(3)18-22/h4-5,8-9,22-23H,1,6-7,10-21H2,3H3. The third-order valence-electron chi connectivity index (χ3n) is 10.1. The fourth-order valence-corrected chi connectivity index (χ4v) is 7.68. The van der Waals surface area contributed by atoms with Gasteiger partial charge in [0.2, 0.25) is 12.5 Å². The molecule has 2 saturated heterocycles. The SMILES string of the molecule is [C-]#[N+]CC1CN(c2nc(OCC3(C4CCCN(C)C4)CC3)nc3c2CCN(c2cccc(Cl)c2C(F)(F)F)C3)CCN1C(=O)C=C. The van der Waals surface area contributed by atoms with Crippen LogP contribution in [0.15, 0.2) is 30.9 Å². The highest BCUT2D eigenvalue weighted by molar-refractivity contribution is 6.31. The van der Waals surface area contributed by atoms with E-state index in [2.05, 4.69) is 28.3 Å². The molecule has 1 saturated carbocycles. The topological polar surface area (TPSA) is 69.4 Å². The van der Waals surface area contributed by atoms with Crippen LogP contribution in [0.4, 0.5) is 24.7 Å². The van der Waals surface area contributed by atoms with Crippen molar-refractivity contribution in [2.75, 3.05) is 69.3 Å². The van der Waals surface area contributed by atoms with E-state index < -0.39 is 11.7 Å². The lowest BCUT2D eigenvalue weighted by atomic mass is 9.83. The van der Waals surface area contributed by atoms with Crippen LogP contribution in [0.1, 0.15) is 42.5 Å². The number of anilines is 2. The first-order valence-corrected chi connectivity index (χ1v) is 16.2. The first-order chi connectivity index (χ1) is 22.0. The number of benzene rings is 1. The number of amides is 1. The number of piperidine rings is 1. The zero-order chi connectivity index (χ0) is 32.6. The smallest absolute Gasteiger partial charge is 0.419 e. The average molecular weight is 658 g/mol. The van der Waals surface area contributed by atoms with Crippen LogP contribution in [-0.2, 0) is 23.9 Å². The summed E-state index contributed by atoms with van der Waals surface area (Å²) >= 11 is 6.08. The fourth-order valence-electron chi connectivity index (χ4n) is 7.40. The maximum atomic E-state index is 14.1. The minimum Gasteiger partial charge on any atom is -0.463 e. The number of rotatable bonds is 8. The van der Waals surface area contributed by atoms with Gasteiger partial charge >= 0.3 is 12.2 Å². The minimum absolute atomic E-state index is 0.0142. The predicted molar refractivity (Wildman–Crippen MR) is 170 cm³/mol. The maximum Gasteiger partial charge on any atom is 0.419 e. The summed E-state index contributed by atoms with van der Waals surface area (Å²) < 4.78 is 48.8. The van der Waals surface area contributed by atoms with E-state index in [9.17, 15) is 18.0 Å².